The van der Waals surface area contributed by atoms with Crippen molar-refractivity contribution < 1.29 is 27.8 Å². The number of amides is 2. The van der Waals surface area contributed by atoms with Crippen LogP contribution in [0.5, 0.6) is 5.75 Å². The summed E-state index contributed by atoms with van der Waals surface area (Å²) in [6.07, 6.45) is 0.317. The third kappa shape index (κ3) is 12.5. The number of esters is 1. The zero-order valence-corrected chi connectivity index (χ0v) is 29.2. The van der Waals surface area contributed by atoms with E-state index in [2.05, 4.69) is 39.1 Å². The number of hydrogen-bond donors (Lipinski definition) is 1. The molecule has 1 unspecified atom stereocenters. The Morgan fingerprint density at radius 3 is 2.13 bits per heavy atom. The van der Waals surface area contributed by atoms with Crippen LogP contribution < -0.4 is 10.1 Å². The zero-order chi connectivity index (χ0) is 35.1. The average Bonchev–Trinajstić information content (AvgIpc) is 3.47. The van der Waals surface area contributed by atoms with Gasteiger partial charge in [-0.05, 0) is 53.8 Å². The van der Waals surface area contributed by atoms with Gasteiger partial charge in [-0.2, -0.15) is 5.26 Å². The highest BCUT2D eigenvalue weighted by Crippen LogP contribution is 2.36. The summed E-state index contributed by atoms with van der Waals surface area (Å²) in [5.41, 5.74) is 0.603. The van der Waals surface area contributed by atoms with Gasteiger partial charge in [0.15, 0.2) is 0 Å². The molecule has 7 nitrogen and oxygen atoms in total. The monoisotopic (exact) mass is 677 g/mol. The Labute approximate surface area is 281 Å². The fourth-order valence-electron chi connectivity index (χ4n) is 4.08. The van der Waals surface area contributed by atoms with Gasteiger partial charge in [0.1, 0.15) is 28.4 Å². The smallest absolute Gasteiger partial charge is 0.341 e. The quantitative estimate of drug-likeness (QED) is 0.272. The van der Waals surface area contributed by atoms with Gasteiger partial charge in [0, 0.05) is 30.2 Å². The van der Waals surface area contributed by atoms with Crippen LogP contribution in [0.1, 0.15) is 69.4 Å². The van der Waals surface area contributed by atoms with Gasteiger partial charge < -0.3 is 19.7 Å². The van der Waals surface area contributed by atoms with E-state index in [1.165, 1.54) is 49.5 Å². The Kier molecular flexibility index (Phi) is 16.5. The maximum atomic E-state index is 14.4. The first-order valence-corrected chi connectivity index (χ1v) is 15.4. The van der Waals surface area contributed by atoms with E-state index in [1.54, 1.807) is 30.3 Å². The Hall–Kier alpha value is -3.87. The first kappa shape index (κ1) is 40.2. The van der Waals surface area contributed by atoms with Gasteiger partial charge in [0.2, 0.25) is 0 Å². The van der Waals surface area contributed by atoms with Crippen LogP contribution in [-0.2, 0) is 16.7 Å². The summed E-state index contributed by atoms with van der Waals surface area (Å²) in [6.45, 7) is 13.3. The molecule has 1 atom stereocenters. The molecule has 0 spiro atoms. The Morgan fingerprint density at radius 1 is 1.00 bits per heavy atom. The van der Waals surface area contributed by atoms with Gasteiger partial charge in [-0.1, -0.05) is 89.0 Å². The van der Waals surface area contributed by atoms with Crippen molar-refractivity contribution in [3.63, 3.8) is 0 Å². The minimum absolute atomic E-state index is 0.0679. The van der Waals surface area contributed by atoms with Crippen molar-refractivity contribution in [3.8, 4) is 11.8 Å². The number of ether oxygens (including phenoxy) is 2. The highest BCUT2D eigenvalue weighted by molar-refractivity contribution is 6.30. The van der Waals surface area contributed by atoms with E-state index in [4.69, 9.17) is 32.7 Å². The summed E-state index contributed by atoms with van der Waals surface area (Å²) >= 11 is 11.1. The summed E-state index contributed by atoms with van der Waals surface area (Å²) in [5, 5.41) is 13.0. The number of carbonyl (C=O) groups is 2. The first-order chi connectivity index (χ1) is 21.6. The minimum Gasteiger partial charge on any atom is -0.496 e. The Morgan fingerprint density at radius 2 is 1.63 bits per heavy atom. The first-order valence-electron chi connectivity index (χ1n) is 14.7. The molecular weight excluding hydrogens is 635 g/mol. The fourth-order valence-corrected chi connectivity index (χ4v) is 4.38. The molecule has 0 bridgehead atoms. The second-order valence-corrected chi connectivity index (χ2v) is 12.4. The van der Waals surface area contributed by atoms with Crippen LogP contribution in [-0.4, -0.2) is 44.2 Å². The van der Waals surface area contributed by atoms with Crippen LogP contribution in [0, 0.1) is 28.4 Å². The van der Waals surface area contributed by atoms with Crippen molar-refractivity contribution in [1.29, 1.82) is 5.26 Å². The van der Waals surface area contributed by atoms with Crippen LogP contribution in [0.15, 0.2) is 60.7 Å². The normalized spacial score (nSPS) is 15.0. The molecule has 0 aliphatic carbocycles. The van der Waals surface area contributed by atoms with Crippen LogP contribution >= 0.6 is 23.2 Å². The van der Waals surface area contributed by atoms with Gasteiger partial charge in [-0.25, -0.2) is 18.4 Å². The fraction of sp³-hybridized carbons (Fsp3) is 0.400. The van der Waals surface area contributed by atoms with E-state index >= 15 is 0 Å². The second kappa shape index (κ2) is 18.9. The number of nitrogens with one attached hydrogen (secondary N) is 1. The van der Waals surface area contributed by atoms with E-state index in [1.807, 2.05) is 13.8 Å². The van der Waals surface area contributed by atoms with E-state index < -0.39 is 17.2 Å². The van der Waals surface area contributed by atoms with Crippen molar-refractivity contribution in [2.75, 3.05) is 27.3 Å². The van der Waals surface area contributed by atoms with E-state index in [0.29, 0.717) is 29.7 Å². The number of urea groups is 1. The molecule has 1 aliphatic rings. The van der Waals surface area contributed by atoms with Crippen LogP contribution in [0.4, 0.5) is 13.6 Å². The second-order valence-electron chi connectivity index (χ2n) is 11.6. The molecule has 1 aliphatic heterocycles. The number of likely N-dealkylation sites (tertiary alicyclic amines) is 1. The SMILES string of the molecule is CC.CC(C)(C)C.COC(=O)c1ccc(CNC(=O)N2CCC(C#N)(c3ccc(Cl)cc3F)C2)cc1OC.Fc1ccccc1Cl. The lowest BCUT2D eigenvalue weighted by molar-refractivity contribution is 0.0597. The molecule has 46 heavy (non-hydrogen) atoms. The van der Waals surface area contributed by atoms with Crippen molar-refractivity contribution in [3.05, 3.63) is 99.0 Å². The number of nitrogens with zero attached hydrogens (tertiary/aromatic N) is 2. The lowest BCUT2D eigenvalue weighted by Crippen LogP contribution is -2.40. The van der Waals surface area contributed by atoms with Crippen molar-refractivity contribution in [1.82, 2.24) is 10.2 Å². The topological polar surface area (TPSA) is 91.7 Å². The van der Waals surface area contributed by atoms with E-state index in [0.717, 1.165) is 0 Å². The van der Waals surface area contributed by atoms with Crippen molar-refractivity contribution in [2.24, 2.45) is 5.41 Å². The molecule has 2 amide bonds. The largest absolute Gasteiger partial charge is 0.496 e. The molecule has 0 saturated carbocycles. The maximum Gasteiger partial charge on any atom is 0.341 e. The van der Waals surface area contributed by atoms with E-state index in [-0.39, 0.29) is 46.1 Å². The molecule has 3 aromatic carbocycles. The maximum absolute atomic E-state index is 14.4. The molecule has 0 aromatic heterocycles. The number of hydrogen-bond acceptors (Lipinski definition) is 5. The molecule has 11 heteroatoms. The van der Waals surface area contributed by atoms with Gasteiger partial charge in [0.25, 0.3) is 0 Å². The third-order valence-electron chi connectivity index (χ3n) is 6.16. The van der Waals surface area contributed by atoms with Crippen molar-refractivity contribution in [2.45, 2.75) is 59.9 Å². The molecule has 1 heterocycles. The minimum atomic E-state index is -1.13. The van der Waals surface area contributed by atoms with Gasteiger partial charge >= 0.3 is 12.0 Å². The van der Waals surface area contributed by atoms with Gasteiger partial charge in [-0.3, -0.25) is 0 Å². The predicted molar refractivity (Wildman–Crippen MR) is 179 cm³/mol. The van der Waals surface area contributed by atoms with Gasteiger partial charge in [-0.15, -0.1) is 0 Å². The molecule has 1 saturated heterocycles. The van der Waals surface area contributed by atoms with Crippen LogP contribution in [0.3, 0.4) is 0 Å². The lowest BCUT2D eigenvalue weighted by atomic mass is 9.81. The average molecular weight is 679 g/mol. The summed E-state index contributed by atoms with van der Waals surface area (Å²) in [6, 6.07) is 17.0. The molecule has 0 radical (unpaired) electrons. The molecule has 4 rings (SSSR count). The van der Waals surface area contributed by atoms with E-state index in [9.17, 15) is 23.6 Å². The molecular formula is C35H43Cl2F2N3O4. The highest BCUT2D eigenvalue weighted by Gasteiger charge is 2.43. The number of halogens is 4. The van der Waals surface area contributed by atoms with Gasteiger partial charge in [0.05, 0.1) is 25.3 Å². The summed E-state index contributed by atoms with van der Waals surface area (Å²) in [7, 11) is 2.72. The number of rotatable bonds is 5. The Bertz CT molecular complexity index is 1460. The Balaban J connectivity index is 0.000000582. The standard InChI is InChI=1S/C22H21ClFN3O4.C6H4ClF.C5H12.C2H6/c1-30-19-9-14(3-5-16(19)20(28)31-2)11-26-21(29)27-8-7-22(12-25,13-27)17-6-4-15(23)10-18(17)24;7-5-3-1-2-4-6(5)8;1-5(2,3)4;1-2/h3-6,9-10H,7-8,11,13H2,1-2H3,(H,26,29);1-4H;1-4H3;1-2H3. The summed E-state index contributed by atoms with van der Waals surface area (Å²) in [4.78, 5) is 25.9. The number of carbonyl (C=O) groups excluding carboxylic acids is 2. The molecule has 250 valence electrons. The molecule has 3 aromatic rings. The molecule has 1 fully saturated rings. The highest BCUT2D eigenvalue weighted by atomic mass is 35.5. The zero-order valence-electron chi connectivity index (χ0n) is 27.6. The van der Waals surface area contributed by atoms with Crippen LogP contribution in [0.2, 0.25) is 10.0 Å². The molecule has 1 N–H and O–H groups in total. The third-order valence-corrected chi connectivity index (χ3v) is 6.70. The van der Waals surface area contributed by atoms with Crippen LogP contribution in [0.25, 0.3) is 0 Å². The lowest BCUT2D eigenvalue weighted by Gasteiger charge is -2.23. The van der Waals surface area contributed by atoms with Crippen molar-refractivity contribution >= 4 is 35.2 Å². The summed E-state index contributed by atoms with van der Waals surface area (Å²) < 4.78 is 36.5. The number of nitriles is 1. The predicted octanol–water partition coefficient (Wildman–Crippen LogP) is 9.21. The summed E-state index contributed by atoms with van der Waals surface area (Å²) in [5.74, 6) is -1.11. The number of methoxy groups -OCH3 is 2. The number of benzene rings is 3.